The predicted octanol–water partition coefficient (Wildman–Crippen LogP) is 2.64. The van der Waals surface area contributed by atoms with Gasteiger partial charge in [0.2, 0.25) is 0 Å². The minimum atomic E-state index is -0.182. The number of rotatable bonds is 3. The fraction of sp³-hybridized carbons (Fsp3) is 0.933. The van der Waals surface area contributed by atoms with Gasteiger partial charge in [-0.25, -0.2) is 0 Å². The minimum absolute atomic E-state index is 0.182. The van der Waals surface area contributed by atoms with E-state index in [2.05, 4.69) is 19.0 Å². The summed E-state index contributed by atoms with van der Waals surface area (Å²) in [5.41, 5.74) is -0.182. The average molecular weight is 253 g/mol. The molecule has 0 amide bonds. The first-order valence-electron chi connectivity index (χ1n) is 7.46. The summed E-state index contributed by atoms with van der Waals surface area (Å²) in [6, 6.07) is 0. The summed E-state index contributed by atoms with van der Waals surface area (Å²) in [6.45, 7) is 1.53. The van der Waals surface area contributed by atoms with Crippen molar-refractivity contribution in [1.29, 1.82) is 0 Å². The van der Waals surface area contributed by atoms with Crippen molar-refractivity contribution in [1.82, 2.24) is 4.90 Å². The molecule has 18 heavy (non-hydrogen) atoms. The van der Waals surface area contributed by atoms with Crippen LogP contribution in [0.25, 0.3) is 0 Å². The Kier molecular flexibility index (Phi) is 4.79. The Hall–Kier alpha value is -0.410. The molecule has 1 saturated carbocycles. The number of Topliss-reactive ketones (excluding diaryl/α,β-unsaturated/α-hetero) is 1. The van der Waals surface area contributed by atoms with E-state index in [1.54, 1.807) is 0 Å². The van der Waals surface area contributed by atoms with Gasteiger partial charge >= 0.3 is 0 Å². The largest absolute Gasteiger partial charge is 0.381 e. The van der Waals surface area contributed by atoms with Crippen LogP contribution in [-0.4, -0.2) is 43.5 Å². The highest BCUT2D eigenvalue weighted by molar-refractivity contribution is 5.90. The lowest BCUT2D eigenvalue weighted by atomic mass is 9.76. The molecule has 0 atom stereocenters. The van der Waals surface area contributed by atoms with Crippen LogP contribution in [0.2, 0.25) is 0 Å². The Labute approximate surface area is 111 Å². The van der Waals surface area contributed by atoms with Gasteiger partial charge in [0.15, 0.2) is 5.78 Å². The van der Waals surface area contributed by atoms with Gasteiger partial charge in [-0.05, 0) is 39.8 Å². The molecule has 0 N–H and O–H groups in total. The van der Waals surface area contributed by atoms with Crippen molar-refractivity contribution in [2.45, 2.75) is 56.9 Å². The van der Waals surface area contributed by atoms with Gasteiger partial charge < -0.3 is 4.74 Å². The SMILES string of the molecule is CN(C)C1(C(=O)C2CCOCC2)CCCCCC1. The zero-order valence-electron chi connectivity index (χ0n) is 11.9. The molecule has 0 aromatic rings. The molecule has 1 saturated heterocycles. The third-order valence-corrected chi connectivity index (χ3v) is 4.84. The van der Waals surface area contributed by atoms with E-state index in [0.29, 0.717) is 5.78 Å². The van der Waals surface area contributed by atoms with Crippen molar-refractivity contribution in [2.24, 2.45) is 5.92 Å². The lowest BCUT2D eigenvalue weighted by Crippen LogP contribution is -2.53. The fourth-order valence-corrected chi connectivity index (χ4v) is 3.57. The van der Waals surface area contributed by atoms with Gasteiger partial charge in [-0.15, -0.1) is 0 Å². The normalized spacial score (nSPS) is 25.9. The van der Waals surface area contributed by atoms with Gasteiger partial charge in [0.25, 0.3) is 0 Å². The number of ether oxygens (including phenoxy) is 1. The zero-order chi connectivity index (χ0) is 13.0. The van der Waals surface area contributed by atoms with Gasteiger partial charge in [0.05, 0.1) is 5.54 Å². The topological polar surface area (TPSA) is 29.5 Å². The van der Waals surface area contributed by atoms with E-state index >= 15 is 0 Å². The lowest BCUT2D eigenvalue weighted by molar-refractivity contribution is -0.137. The van der Waals surface area contributed by atoms with E-state index in [4.69, 9.17) is 4.74 Å². The smallest absolute Gasteiger partial charge is 0.156 e. The highest BCUT2D eigenvalue weighted by atomic mass is 16.5. The standard InChI is InChI=1S/C15H27NO2/c1-16(2)15(9-5-3-4-6-10-15)14(17)13-7-11-18-12-8-13/h13H,3-12H2,1-2H3. The second-order valence-electron chi connectivity index (χ2n) is 6.09. The molecular formula is C15H27NO2. The Morgan fingerprint density at radius 1 is 1.06 bits per heavy atom. The van der Waals surface area contributed by atoms with Crippen molar-refractivity contribution in [3.63, 3.8) is 0 Å². The Morgan fingerprint density at radius 2 is 1.61 bits per heavy atom. The lowest BCUT2D eigenvalue weighted by Gasteiger charge is -2.41. The van der Waals surface area contributed by atoms with Crippen molar-refractivity contribution in [3.05, 3.63) is 0 Å². The monoisotopic (exact) mass is 253 g/mol. The maximum absolute atomic E-state index is 13.0. The first-order chi connectivity index (χ1) is 8.67. The molecule has 2 aliphatic rings. The quantitative estimate of drug-likeness (QED) is 0.724. The van der Waals surface area contributed by atoms with Gasteiger partial charge in [0.1, 0.15) is 0 Å². The molecule has 0 bridgehead atoms. The number of nitrogens with zero attached hydrogens (tertiary/aromatic N) is 1. The van der Waals surface area contributed by atoms with Crippen LogP contribution in [0.15, 0.2) is 0 Å². The number of carbonyl (C=O) groups excluding carboxylic acids is 1. The van der Waals surface area contributed by atoms with Gasteiger partial charge in [-0.1, -0.05) is 25.7 Å². The molecule has 1 heterocycles. The maximum Gasteiger partial charge on any atom is 0.156 e. The molecule has 3 heteroatoms. The maximum atomic E-state index is 13.0. The molecule has 0 unspecified atom stereocenters. The summed E-state index contributed by atoms with van der Waals surface area (Å²) < 4.78 is 5.39. The van der Waals surface area contributed by atoms with Crippen LogP contribution in [0.1, 0.15) is 51.4 Å². The zero-order valence-corrected chi connectivity index (χ0v) is 11.9. The van der Waals surface area contributed by atoms with Crippen molar-refractivity contribution >= 4 is 5.78 Å². The van der Waals surface area contributed by atoms with Crippen molar-refractivity contribution in [2.75, 3.05) is 27.3 Å². The van der Waals surface area contributed by atoms with E-state index in [1.165, 1.54) is 25.7 Å². The number of hydrogen-bond donors (Lipinski definition) is 0. The Balaban J connectivity index is 2.14. The summed E-state index contributed by atoms with van der Waals surface area (Å²) >= 11 is 0. The fourth-order valence-electron chi connectivity index (χ4n) is 3.57. The summed E-state index contributed by atoms with van der Waals surface area (Å²) in [7, 11) is 4.17. The number of hydrogen-bond acceptors (Lipinski definition) is 3. The van der Waals surface area contributed by atoms with Crippen LogP contribution in [-0.2, 0) is 9.53 Å². The summed E-state index contributed by atoms with van der Waals surface area (Å²) in [5, 5.41) is 0. The molecular weight excluding hydrogens is 226 g/mol. The molecule has 0 aromatic heterocycles. The van der Waals surface area contributed by atoms with Crippen LogP contribution in [0.3, 0.4) is 0 Å². The van der Waals surface area contributed by atoms with Gasteiger partial charge in [-0.2, -0.15) is 0 Å². The molecule has 2 fully saturated rings. The average Bonchev–Trinajstić information content (AvgIpc) is 2.65. The molecule has 0 aromatic carbocycles. The number of ketones is 1. The van der Waals surface area contributed by atoms with Crippen LogP contribution < -0.4 is 0 Å². The number of carbonyl (C=O) groups is 1. The van der Waals surface area contributed by atoms with Crippen LogP contribution in [0.4, 0.5) is 0 Å². The van der Waals surface area contributed by atoms with Crippen LogP contribution in [0, 0.1) is 5.92 Å². The third-order valence-electron chi connectivity index (χ3n) is 4.84. The van der Waals surface area contributed by atoms with E-state index in [0.717, 1.165) is 38.9 Å². The first-order valence-corrected chi connectivity index (χ1v) is 7.46. The summed E-state index contributed by atoms with van der Waals surface area (Å²) in [5.74, 6) is 0.733. The van der Waals surface area contributed by atoms with E-state index in [1.807, 2.05) is 0 Å². The van der Waals surface area contributed by atoms with Gasteiger partial charge in [0, 0.05) is 19.1 Å². The molecule has 3 nitrogen and oxygen atoms in total. The second kappa shape index (κ2) is 6.16. The Bertz CT molecular complexity index is 274. The molecule has 2 rings (SSSR count). The number of likely N-dealkylation sites (N-methyl/N-ethyl adjacent to an activating group) is 1. The summed E-state index contributed by atoms with van der Waals surface area (Å²) in [6.07, 6.45) is 8.93. The molecule has 104 valence electrons. The predicted molar refractivity (Wildman–Crippen MR) is 72.7 cm³/mol. The molecule has 0 spiro atoms. The van der Waals surface area contributed by atoms with Gasteiger partial charge in [-0.3, -0.25) is 9.69 Å². The first kappa shape index (κ1) is 14.0. The Morgan fingerprint density at radius 3 is 2.11 bits per heavy atom. The van der Waals surface area contributed by atoms with Crippen LogP contribution >= 0.6 is 0 Å². The molecule has 1 aliphatic carbocycles. The van der Waals surface area contributed by atoms with E-state index in [9.17, 15) is 4.79 Å². The third kappa shape index (κ3) is 2.77. The van der Waals surface area contributed by atoms with E-state index in [-0.39, 0.29) is 11.5 Å². The van der Waals surface area contributed by atoms with Crippen molar-refractivity contribution in [3.8, 4) is 0 Å². The van der Waals surface area contributed by atoms with Crippen molar-refractivity contribution < 1.29 is 9.53 Å². The minimum Gasteiger partial charge on any atom is -0.381 e. The highest BCUT2D eigenvalue weighted by Gasteiger charge is 2.43. The summed E-state index contributed by atoms with van der Waals surface area (Å²) in [4.78, 5) is 15.2. The molecule has 0 radical (unpaired) electrons. The second-order valence-corrected chi connectivity index (χ2v) is 6.09. The van der Waals surface area contributed by atoms with Crippen LogP contribution in [0.5, 0.6) is 0 Å². The molecule has 1 aliphatic heterocycles. The highest BCUT2D eigenvalue weighted by Crippen LogP contribution is 2.36. The van der Waals surface area contributed by atoms with E-state index < -0.39 is 0 Å².